The number of fused-ring (bicyclic) bond motifs is 1. The molecule has 2 aliphatic rings. The second kappa shape index (κ2) is 3.48. The van der Waals surface area contributed by atoms with Crippen molar-refractivity contribution in [2.75, 3.05) is 26.2 Å². The van der Waals surface area contributed by atoms with Crippen LogP contribution in [-0.2, 0) is 9.59 Å². The Balaban J connectivity index is 2.16. The van der Waals surface area contributed by atoms with Crippen LogP contribution in [0.1, 0.15) is 13.3 Å². The van der Waals surface area contributed by atoms with Crippen LogP contribution in [0.25, 0.3) is 0 Å². The molecular formula is C10H16N2O3. The van der Waals surface area contributed by atoms with E-state index in [9.17, 15) is 14.7 Å². The molecule has 2 fully saturated rings. The van der Waals surface area contributed by atoms with E-state index in [0.29, 0.717) is 32.6 Å². The van der Waals surface area contributed by atoms with Gasteiger partial charge in [-0.2, -0.15) is 0 Å². The Morgan fingerprint density at radius 3 is 2.87 bits per heavy atom. The molecule has 15 heavy (non-hydrogen) atoms. The summed E-state index contributed by atoms with van der Waals surface area (Å²) < 4.78 is 0. The number of hydrogen-bond donors (Lipinski definition) is 2. The lowest BCUT2D eigenvalue weighted by Crippen LogP contribution is -2.52. The third-order valence-electron chi connectivity index (χ3n) is 3.75. The highest BCUT2D eigenvalue weighted by Gasteiger charge is 2.52. The van der Waals surface area contributed by atoms with Crippen molar-refractivity contribution < 1.29 is 14.7 Å². The van der Waals surface area contributed by atoms with Gasteiger partial charge in [0.15, 0.2) is 0 Å². The molecule has 0 radical (unpaired) electrons. The summed E-state index contributed by atoms with van der Waals surface area (Å²) in [6, 6.07) is 0. The SMILES string of the molecule is CC(=O)N1CC[C@@]2(C(=O)O)CNC[C@H]2C1. The molecule has 2 atom stereocenters. The largest absolute Gasteiger partial charge is 0.481 e. The summed E-state index contributed by atoms with van der Waals surface area (Å²) in [5, 5.41) is 12.4. The van der Waals surface area contributed by atoms with Gasteiger partial charge < -0.3 is 15.3 Å². The molecule has 0 unspecified atom stereocenters. The molecule has 0 aromatic heterocycles. The highest BCUT2D eigenvalue weighted by atomic mass is 16.4. The Morgan fingerprint density at radius 1 is 1.53 bits per heavy atom. The minimum atomic E-state index is -0.722. The standard InChI is InChI=1S/C10H16N2O3/c1-7(13)12-3-2-10(9(14)15)6-11-4-8(10)5-12/h8,11H,2-6H2,1H3,(H,14,15)/t8-,10+/m0/s1. The molecule has 2 aliphatic heterocycles. The zero-order valence-corrected chi connectivity index (χ0v) is 8.82. The number of amides is 1. The Hall–Kier alpha value is -1.10. The minimum Gasteiger partial charge on any atom is -0.481 e. The average Bonchev–Trinajstić information content (AvgIpc) is 2.60. The lowest BCUT2D eigenvalue weighted by atomic mass is 9.72. The predicted octanol–water partition coefficient (Wildman–Crippen LogP) is -0.471. The van der Waals surface area contributed by atoms with Crippen molar-refractivity contribution in [1.29, 1.82) is 0 Å². The summed E-state index contributed by atoms with van der Waals surface area (Å²) in [4.78, 5) is 24.3. The quantitative estimate of drug-likeness (QED) is 0.616. The van der Waals surface area contributed by atoms with E-state index in [1.807, 2.05) is 0 Å². The van der Waals surface area contributed by atoms with Crippen molar-refractivity contribution in [2.45, 2.75) is 13.3 Å². The number of carboxylic acids is 1. The van der Waals surface area contributed by atoms with Gasteiger partial charge in [0, 0.05) is 39.0 Å². The van der Waals surface area contributed by atoms with E-state index in [1.165, 1.54) is 6.92 Å². The van der Waals surface area contributed by atoms with E-state index in [-0.39, 0.29) is 11.8 Å². The molecule has 0 aromatic carbocycles. The fraction of sp³-hybridized carbons (Fsp3) is 0.800. The molecule has 0 spiro atoms. The van der Waals surface area contributed by atoms with Crippen LogP contribution in [0.2, 0.25) is 0 Å². The first kappa shape index (κ1) is 10.4. The summed E-state index contributed by atoms with van der Waals surface area (Å²) in [6.07, 6.45) is 0.569. The molecule has 0 saturated carbocycles. The summed E-state index contributed by atoms with van der Waals surface area (Å²) in [6.45, 7) is 3.93. The molecule has 2 N–H and O–H groups in total. The van der Waals surface area contributed by atoms with Gasteiger partial charge in [-0.3, -0.25) is 9.59 Å². The number of carbonyl (C=O) groups excluding carboxylic acids is 1. The number of hydrogen-bond acceptors (Lipinski definition) is 3. The van der Waals surface area contributed by atoms with E-state index in [2.05, 4.69) is 5.32 Å². The molecule has 2 rings (SSSR count). The van der Waals surface area contributed by atoms with Gasteiger partial charge in [0.25, 0.3) is 0 Å². The Labute approximate surface area is 88.4 Å². The highest BCUT2D eigenvalue weighted by Crippen LogP contribution is 2.39. The Bertz CT molecular complexity index is 305. The van der Waals surface area contributed by atoms with Crippen LogP contribution in [0.15, 0.2) is 0 Å². The van der Waals surface area contributed by atoms with Crippen molar-refractivity contribution in [3.8, 4) is 0 Å². The summed E-state index contributed by atoms with van der Waals surface area (Å²) in [7, 11) is 0. The number of rotatable bonds is 1. The molecule has 84 valence electrons. The molecule has 0 aliphatic carbocycles. The van der Waals surface area contributed by atoms with Crippen LogP contribution in [0.5, 0.6) is 0 Å². The number of aliphatic carboxylic acids is 1. The average molecular weight is 212 g/mol. The molecule has 2 saturated heterocycles. The third kappa shape index (κ3) is 1.51. The third-order valence-corrected chi connectivity index (χ3v) is 3.75. The summed E-state index contributed by atoms with van der Waals surface area (Å²) >= 11 is 0. The topological polar surface area (TPSA) is 69.6 Å². The first-order chi connectivity index (χ1) is 7.06. The van der Waals surface area contributed by atoms with Crippen molar-refractivity contribution in [3.05, 3.63) is 0 Å². The first-order valence-corrected chi connectivity index (χ1v) is 5.26. The van der Waals surface area contributed by atoms with E-state index in [1.54, 1.807) is 4.90 Å². The number of nitrogens with one attached hydrogen (secondary N) is 1. The van der Waals surface area contributed by atoms with Gasteiger partial charge in [0.2, 0.25) is 5.91 Å². The summed E-state index contributed by atoms with van der Waals surface area (Å²) in [5.74, 6) is -0.616. The number of nitrogens with zero attached hydrogens (tertiary/aromatic N) is 1. The number of carboxylic acid groups (broad SMARTS) is 1. The van der Waals surface area contributed by atoms with Crippen LogP contribution in [-0.4, -0.2) is 48.1 Å². The maximum Gasteiger partial charge on any atom is 0.311 e. The van der Waals surface area contributed by atoms with Gasteiger partial charge in [-0.15, -0.1) is 0 Å². The molecular weight excluding hydrogens is 196 g/mol. The molecule has 2 heterocycles. The monoisotopic (exact) mass is 212 g/mol. The minimum absolute atomic E-state index is 0.0425. The highest BCUT2D eigenvalue weighted by molar-refractivity contribution is 5.78. The predicted molar refractivity (Wildman–Crippen MR) is 53.3 cm³/mol. The van der Waals surface area contributed by atoms with E-state index in [0.717, 1.165) is 0 Å². The van der Waals surface area contributed by atoms with Gasteiger partial charge in [-0.05, 0) is 6.42 Å². The fourth-order valence-electron chi connectivity index (χ4n) is 2.68. The zero-order valence-electron chi connectivity index (χ0n) is 8.82. The van der Waals surface area contributed by atoms with Crippen molar-refractivity contribution in [2.24, 2.45) is 11.3 Å². The molecule has 5 heteroatoms. The van der Waals surface area contributed by atoms with Crippen LogP contribution < -0.4 is 5.32 Å². The van der Waals surface area contributed by atoms with Gasteiger partial charge in [-0.25, -0.2) is 0 Å². The zero-order chi connectivity index (χ0) is 11.1. The van der Waals surface area contributed by atoms with E-state index in [4.69, 9.17) is 0 Å². The van der Waals surface area contributed by atoms with E-state index >= 15 is 0 Å². The molecule has 0 bridgehead atoms. The molecule has 1 amide bonds. The first-order valence-electron chi connectivity index (χ1n) is 5.26. The van der Waals surface area contributed by atoms with E-state index < -0.39 is 11.4 Å². The van der Waals surface area contributed by atoms with Crippen LogP contribution >= 0.6 is 0 Å². The van der Waals surface area contributed by atoms with Crippen molar-refractivity contribution in [3.63, 3.8) is 0 Å². The van der Waals surface area contributed by atoms with Crippen LogP contribution in [0, 0.1) is 11.3 Å². The fourth-order valence-corrected chi connectivity index (χ4v) is 2.68. The van der Waals surface area contributed by atoms with Gasteiger partial charge >= 0.3 is 5.97 Å². The normalized spacial score (nSPS) is 35.0. The second-order valence-corrected chi connectivity index (χ2v) is 4.50. The second-order valence-electron chi connectivity index (χ2n) is 4.50. The maximum absolute atomic E-state index is 11.3. The maximum atomic E-state index is 11.3. The van der Waals surface area contributed by atoms with Gasteiger partial charge in [0.05, 0.1) is 5.41 Å². The lowest BCUT2D eigenvalue weighted by molar-refractivity contribution is -0.155. The van der Waals surface area contributed by atoms with Gasteiger partial charge in [0.1, 0.15) is 0 Å². The smallest absolute Gasteiger partial charge is 0.311 e. The molecule has 0 aromatic rings. The van der Waals surface area contributed by atoms with Crippen molar-refractivity contribution in [1.82, 2.24) is 10.2 Å². The van der Waals surface area contributed by atoms with Crippen LogP contribution in [0.4, 0.5) is 0 Å². The van der Waals surface area contributed by atoms with Crippen LogP contribution in [0.3, 0.4) is 0 Å². The Morgan fingerprint density at radius 2 is 2.27 bits per heavy atom. The number of likely N-dealkylation sites (tertiary alicyclic amines) is 1. The Kier molecular flexibility index (Phi) is 2.42. The number of carbonyl (C=O) groups is 2. The number of piperidine rings is 1. The van der Waals surface area contributed by atoms with Gasteiger partial charge in [-0.1, -0.05) is 0 Å². The lowest BCUT2D eigenvalue weighted by Gasteiger charge is -2.40. The summed E-state index contributed by atoms with van der Waals surface area (Å²) in [5.41, 5.74) is -0.633. The van der Waals surface area contributed by atoms with Crippen molar-refractivity contribution >= 4 is 11.9 Å². The molecule has 5 nitrogen and oxygen atoms in total.